The highest BCUT2D eigenvalue weighted by molar-refractivity contribution is 7.16. The first-order valence-electron chi connectivity index (χ1n) is 7.68. The lowest BCUT2D eigenvalue weighted by molar-refractivity contribution is -0.120. The van der Waals surface area contributed by atoms with Gasteiger partial charge < -0.3 is 11.1 Å². The van der Waals surface area contributed by atoms with Crippen LogP contribution in [0.3, 0.4) is 0 Å². The summed E-state index contributed by atoms with van der Waals surface area (Å²) in [6.45, 7) is 2.24. The summed E-state index contributed by atoms with van der Waals surface area (Å²) in [6, 6.07) is 2.28. The van der Waals surface area contributed by atoms with Gasteiger partial charge in [-0.15, -0.1) is 11.3 Å². The van der Waals surface area contributed by atoms with Gasteiger partial charge in [0.2, 0.25) is 5.91 Å². The van der Waals surface area contributed by atoms with Crippen molar-refractivity contribution in [2.24, 2.45) is 11.7 Å². The van der Waals surface area contributed by atoms with Gasteiger partial charge in [0.15, 0.2) is 0 Å². The molecule has 5 heteroatoms. The second kappa shape index (κ2) is 5.43. The van der Waals surface area contributed by atoms with E-state index in [1.165, 1.54) is 4.88 Å². The van der Waals surface area contributed by atoms with Crippen molar-refractivity contribution in [1.82, 2.24) is 0 Å². The second-order valence-electron chi connectivity index (χ2n) is 6.49. The standard InChI is InChI=1S/C16H21N3OS/c1-10-4-5-11-12(9-17)14(21-13(11)8-10)19-15(20)16(18)6-2-3-7-16/h10H,2-8,18H2,1H3,(H,19,20). The first kappa shape index (κ1) is 14.6. The smallest absolute Gasteiger partial charge is 0.245 e. The van der Waals surface area contributed by atoms with Crippen LogP contribution in [-0.4, -0.2) is 11.4 Å². The van der Waals surface area contributed by atoms with Gasteiger partial charge in [-0.05, 0) is 43.6 Å². The molecule has 0 saturated heterocycles. The molecule has 1 unspecified atom stereocenters. The van der Waals surface area contributed by atoms with Gasteiger partial charge in [-0.3, -0.25) is 4.79 Å². The van der Waals surface area contributed by atoms with Crippen molar-refractivity contribution in [1.29, 1.82) is 5.26 Å². The molecule has 3 rings (SSSR count). The fourth-order valence-electron chi connectivity index (χ4n) is 3.42. The van der Waals surface area contributed by atoms with Gasteiger partial charge in [-0.1, -0.05) is 19.8 Å². The molecule has 1 saturated carbocycles. The summed E-state index contributed by atoms with van der Waals surface area (Å²) in [4.78, 5) is 13.7. The lowest BCUT2D eigenvalue weighted by atomic mass is 9.88. The van der Waals surface area contributed by atoms with Gasteiger partial charge in [0.1, 0.15) is 11.1 Å². The molecule has 1 fully saturated rings. The van der Waals surface area contributed by atoms with Gasteiger partial charge in [0.05, 0.1) is 11.1 Å². The van der Waals surface area contributed by atoms with Crippen LogP contribution in [0.5, 0.6) is 0 Å². The molecule has 0 bridgehead atoms. The Morgan fingerprint density at radius 2 is 2.19 bits per heavy atom. The number of amides is 1. The van der Waals surface area contributed by atoms with Crippen LogP contribution in [0.15, 0.2) is 0 Å². The highest BCUT2D eigenvalue weighted by Crippen LogP contribution is 2.40. The third-order valence-electron chi connectivity index (χ3n) is 4.80. The molecule has 4 nitrogen and oxygen atoms in total. The van der Waals surface area contributed by atoms with Gasteiger partial charge in [-0.2, -0.15) is 5.26 Å². The van der Waals surface area contributed by atoms with Crippen molar-refractivity contribution in [3.05, 3.63) is 16.0 Å². The van der Waals surface area contributed by atoms with E-state index in [0.717, 1.165) is 50.5 Å². The number of nitriles is 1. The van der Waals surface area contributed by atoms with Crippen molar-refractivity contribution in [2.45, 2.75) is 57.4 Å². The van der Waals surface area contributed by atoms with Gasteiger partial charge in [-0.25, -0.2) is 0 Å². The molecule has 112 valence electrons. The van der Waals surface area contributed by atoms with Crippen LogP contribution in [0, 0.1) is 17.2 Å². The van der Waals surface area contributed by atoms with E-state index in [1.54, 1.807) is 11.3 Å². The molecule has 2 aliphatic rings. The minimum atomic E-state index is -0.746. The largest absolute Gasteiger partial charge is 0.317 e. The van der Waals surface area contributed by atoms with Crippen LogP contribution >= 0.6 is 11.3 Å². The predicted molar refractivity (Wildman–Crippen MR) is 84.2 cm³/mol. The molecule has 1 atom stereocenters. The molecule has 0 spiro atoms. The zero-order chi connectivity index (χ0) is 15.0. The zero-order valence-electron chi connectivity index (χ0n) is 12.4. The number of rotatable bonds is 2. The second-order valence-corrected chi connectivity index (χ2v) is 7.59. The summed E-state index contributed by atoms with van der Waals surface area (Å²) in [7, 11) is 0. The Morgan fingerprint density at radius 3 is 2.86 bits per heavy atom. The maximum Gasteiger partial charge on any atom is 0.245 e. The van der Waals surface area contributed by atoms with Crippen LogP contribution in [0.2, 0.25) is 0 Å². The maximum atomic E-state index is 12.4. The van der Waals surface area contributed by atoms with E-state index in [1.807, 2.05) is 0 Å². The molecule has 0 aromatic carbocycles. The highest BCUT2D eigenvalue weighted by atomic mass is 32.1. The SMILES string of the molecule is CC1CCc2c(sc(NC(=O)C3(N)CCCC3)c2C#N)C1. The van der Waals surface area contributed by atoms with Crippen LogP contribution < -0.4 is 11.1 Å². The summed E-state index contributed by atoms with van der Waals surface area (Å²) >= 11 is 1.57. The van der Waals surface area contributed by atoms with Crippen molar-refractivity contribution < 1.29 is 4.79 Å². The first-order valence-corrected chi connectivity index (χ1v) is 8.50. The minimum absolute atomic E-state index is 0.122. The summed E-state index contributed by atoms with van der Waals surface area (Å²) in [5, 5.41) is 13.1. The first-order chi connectivity index (χ1) is 10.0. The minimum Gasteiger partial charge on any atom is -0.317 e. The summed E-state index contributed by atoms with van der Waals surface area (Å²) < 4.78 is 0. The molecular weight excluding hydrogens is 282 g/mol. The molecule has 0 radical (unpaired) electrons. The topological polar surface area (TPSA) is 78.9 Å². The number of nitrogens with zero attached hydrogens (tertiary/aromatic N) is 1. The molecule has 2 aliphatic carbocycles. The molecule has 1 heterocycles. The lowest BCUT2D eigenvalue weighted by Gasteiger charge is -2.21. The van der Waals surface area contributed by atoms with Crippen LogP contribution in [-0.2, 0) is 17.6 Å². The number of thiophene rings is 1. The normalized spacial score (nSPS) is 23.4. The number of anilines is 1. The van der Waals surface area contributed by atoms with E-state index < -0.39 is 5.54 Å². The molecular formula is C16H21N3OS. The average molecular weight is 303 g/mol. The van der Waals surface area contributed by atoms with Gasteiger partial charge in [0, 0.05) is 4.88 Å². The molecule has 3 N–H and O–H groups in total. The van der Waals surface area contributed by atoms with Crippen LogP contribution in [0.1, 0.15) is 55.0 Å². The third kappa shape index (κ3) is 2.58. The zero-order valence-corrected chi connectivity index (χ0v) is 13.2. The van der Waals surface area contributed by atoms with E-state index >= 15 is 0 Å². The Morgan fingerprint density at radius 1 is 1.48 bits per heavy atom. The van der Waals surface area contributed by atoms with E-state index in [4.69, 9.17) is 5.73 Å². The summed E-state index contributed by atoms with van der Waals surface area (Å²) in [5.41, 5.74) is 7.26. The monoisotopic (exact) mass is 303 g/mol. The molecule has 21 heavy (non-hydrogen) atoms. The Kier molecular flexibility index (Phi) is 3.76. The summed E-state index contributed by atoms with van der Waals surface area (Å²) in [6.07, 6.45) is 6.57. The number of nitrogens with two attached hydrogens (primary N) is 1. The molecule has 0 aliphatic heterocycles. The Hall–Kier alpha value is -1.38. The number of nitrogens with one attached hydrogen (secondary N) is 1. The summed E-state index contributed by atoms with van der Waals surface area (Å²) in [5.74, 6) is 0.532. The lowest BCUT2D eigenvalue weighted by Crippen LogP contribution is -2.48. The number of hydrogen-bond acceptors (Lipinski definition) is 4. The fourth-order valence-corrected chi connectivity index (χ4v) is 4.77. The molecule has 1 aromatic heterocycles. The van der Waals surface area contributed by atoms with E-state index in [2.05, 4.69) is 18.3 Å². The highest BCUT2D eigenvalue weighted by Gasteiger charge is 2.38. The van der Waals surface area contributed by atoms with E-state index in [0.29, 0.717) is 16.5 Å². The average Bonchev–Trinajstić information content (AvgIpc) is 3.02. The molecule has 1 aromatic rings. The quantitative estimate of drug-likeness (QED) is 0.881. The van der Waals surface area contributed by atoms with Crippen LogP contribution in [0.4, 0.5) is 5.00 Å². The molecule has 1 amide bonds. The fraction of sp³-hybridized carbons (Fsp3) is 0.625. The van der Waals surface area contributed by atoms with Crippen molar-refractivity contribution in [3.8, 4) is 6.07 Å². The Balaban J connectivity index is 1.86. The Bertz CT molecular complexity index is 608. The number of fused-ring (bicyclic) bond motifs is 1. The third-order valence-corrected chi connectivity index (χ3v) is 5.97. The predicted octanol–water partition coefficient (Wildman–Crippen LogP) is 2.95. The van der Waals surface area contributed by atoms with Crippen LogP contribution in [0.25, 0.3) is 0 Å². The van der Waals surface area contributed by atoms with Crippen molar-refractivity contribution in [3.63, 3.8) is 0 Å². The van der Waals surface area contributed by atoms with Crippen molar-refractivity contribution >= 4 is 22.2 Å². The number of hydrogen-bond donors (Lipinski definition) is 2. The number of carbonyl (C=O) groups is 1. The van der Waals surface area contributed by atoms with Gasteiger partial charge in [0.25, 0.3) is 0 Å². The van der Waals surface area contributed by atoms with E-state index in [9.17, 15) is 10.1 Å². The van der Waals surface area contributed by atoms with E-state index in [-0.39, 0.29) is 5.91 Å². The Labute approximate surface area is 129 Å². The van der Waals surface area contributed by atoms with Crippen molar-refractivity contribution in [2.75, 3.05) is 5.32 Å². The number of carbonyl (C=O) groups excluding carboxylic acids is 1. The maximum absolute atomic E-state index is 12.4. The van der Waals surface area contributed by atoms with Gasteiger partial charge >= 0.3 is 0 Å².